The van der Waals surface area contributed by atoms with Gasteiger partial charge >= 0.3 is 5.97 Å². The molecule has 2 aromatic heterocycles. The van der Waals surface area contributed by atoms with E-state index in [0.29, 0.717) is 16.4 Å². The third-order valence-corrected chi connectivity index (χ3v) is 3.69. The van der Waals surface area contributed by atoms with Crippen molar-refractivity contribution in [2.24, 2.45) is 0 Å². The van der Waals surface area contributed by atoms with Gasteiger partial charge in [-0.3, -0.25) is 4.79 Å². The monoisotopic (exact) mass is 283 g/mol. The number of nitrogens with zero attached hydrogens (tertiary/aromatic N) is 1. The summed E-state index contributed by atoms with van der Waals surface area (Å²) in [5.41, 5.74) is 0.500. The fraction of sp³-hybridized carbons (Fsp3) is 0.167. The van der Waals surface area contributed by atoms with Crippen molar-refractivity contribution < 1.29 is 14.7 Å². The molecule has 0 fully saturated rings. The van der Waals surface area contributed by atoms with E-state index in [9.17, 15) is 9.59 Å². The van der Waals surface area contributed by atoms with Crippen molar-refractivity contribution in [2.75, 3.05) is 0 Å². The van der Waals surface area contributed by atoms with Gasteiger partial charge < -0.3 is 9.67 Å². The van der Waals surface area contributed by atoms with E-state index in [4.69, 9.17) is 16.7 Å². The average molecular weight is 284 g/mol. The molecule has 1 N–H and O–H groups in total. The molecule has 0 bridgehead atoms. The van der Waals surface area contributed by atoms with Crippen LogP contribution in [-0.4, -0.2) is 21.4 Å². The highest BCUT2D eigenvalue weighted by Gasteiger charge is 2.15. The first kappa shape index (κ1) is 12.9. The fourth-order valence-corrected chi connectivity index (χ4v) is 2.70. The van der Waals surface area contributed by atoms with E-state index in [2.05, 4.69) is 0 Å². The van der Waals surface area contributed by atoms with Crippen LogP contribution in [0.2, 0.25) is 4.34 Å². The number of aromatic carboxylic acids is 1. The van der Waals surface area contributed by atoms with Crippen molar-refractivity contribution in [1.29, 1.82) is 0 Å². The Morgan fingerprint density at radius 1 is 1.44 bits per heavy atom. The summed E-state index contributed by atoms with van der Waals surface area (Å²) < 4.78 is 2.20. The third kappa shape index (κ3) is 2.63. The number of Topliss-reactive ketones (excluding diaryl/α,β-unsaturated/α-hetero) is 1. The average Bonchev–Trinajstić information content (AvgIpc) is 2.85. The van der Waals surface area contributed by atoms with Gasteiger partial charge in [0, 0.05) is 16.6 Å². The minimum absolute atomic E-state index is 0.102. The molecule has 0 spiro atoms. The van der Waals surface area contributed by atoms with Crippen LogP contribution >= 0.6 is 22.9 Å². The number of carboxylic acid groups (broad SMARTS) is 1. The number of halogens is 1. The molecule has 0 aliphatic rings. The number of hydrogen-bond acceptors (Lipinski definition) is 3. The summed E-state index contributed by atoms with van der Waals surface area (Å²) in [6.07, 6.45) is 1.55. The second-order valence-electron chi connectivity index (χ2n) is 3.81. The lowest BCUT2D eigenvalue weighted by atomic mass is 10.2. The van der Waals surface area contributed by atoms with Crippen molar-refractivity contribution in [3.63, 3.8) is 0 Å². The van der Waals surface area contributed by atoms with E-state index in [0.717, 1.165) is 4.88 Å². The molecule has 0 aromatic carbocycles. The molecule has 94 valence electrons. The summed E-state index contributed by atoms with van der Waals surface area (Å²) in [5.74, 6) is -1.20. The number of rotatable bonds is 4. The zero-order chi connectivity index (χ0) is 13.3. The van der Waals surface area contributed by atoms with Crippen LogP contribution in [-0.2, 0) is 6.54 Å². The molecule has 2 heterocycles. The lowest BCUT2D eigenvalue weighted by Crippen LogP contribution is -2.07. The Kier molecular flexibility index (Phi) is 3.54. The summed E-state index contributed by atoms with van der Waals surface area (Å²) in [4.78, 5) is 23.3. The van der Waals surface area contributed by atoms with Gasteiger partial charge in [0.1, 0.15) is 5.69 Å². The summed E-state index contributed by atoms with van der Waals surface area (Å²) in [7, 11) is 0. The smallest absolute Gasteiger partial charge is 0.352 e. The van der Waals surface area contributed by atoms with Gasteiger partial charge in [0.25, 0.3) is 0 Å². The predicted octanol–water partition coefficient (Wildman–Crippen LogP) is 3.15. The van der Waals surface area contributed by atoms with Crippen LogP contribution in [0.15, 0.2) is 24.4 Å². The zero-order valence-corrected chi connectivity index (χ0v) is 11.1. The number of carbonyl (C=O) groups is 2. The Bertz CT molecular complexity index is 615. The molecule has 0 amide bonds. The van der Waals surface area contributed by atoms with Crippen molar-refractivity contribution in [2.45, 2.75) is 13.5 Å². The molecule has 2 aromatic rings. The van der Waals surface area contributed by atoms with Gasteiger partial charge in [0.2, 0.25) is 0 Å². The molecule has 0 radical (unpaired) electrons. The summed E-state index contributed by atoms with van der Waals surface area (Å²) >= 11 is 7.21. The molecule has 4 nitrogen and oxygen atoms in total. The molecule has 0 aliphatic heterocycles. The standard InChI is InChI=1S/C12H10ClNO3S/c1-7(15)8-4-10(12(16)17)14(5-8)6-9-2-3-11(13)18-9/h2-5H,6H2,1H3,(H,16,17). The van der Waals surface area contributed by atoms with Crippen LogP contribution in [0.4, 0.5) is 0 Å². The number of thiophene rings is 1. The Labute approximate surface area is 112 Å². The number of carboxylic acids is 1. The van der Waals surface area contributed by atoms with Crippen LogP contribution in [0, 0.1) is 0 Å². The van der Waals surface area contributed by atoms with E-state index in [1.165, 1.54) is 24.3 Å². The van der Waals surface area contributed by atoms with E-state index in [1.54, 1.807) is 16.8 Å². The van der Waals surface area contributed by atoms with Gasteiger partial charge in [-0.15, -0.1) is 11.3 Å². The minimum atomic E-state index is -1.05. The Hall–Kier alpha value is -1.59. The molecule has 0 atom stereocenters. The maximum Gasteiger partial charge on any atom is 0.352 e. The third-order valence-electron chi connectivity index (χ3n) is 2.48. The van der Waals surface area contributed by atoms with Crippen molar-refractivity contribution in [3.8, 4) is 0 Å². The second kappa shape index (κ2) is 4.96. The number of aromatic nitrogens is 1. The zero-order valence-electron chi connectivity index (χ0n) is 9.51. The van der Waals surface area contributed by atoms with Gasteiger partial charge in [-0.05, 0) is 25.1 Å². The SMILES string of the molecule is CC(=O)c1cc(C(=O)O)n(Cc2ccc(Cl)s2)c1. The molecule has 2 rings (SSSR count). The van der Waals surface area contributed by atoms with Crippen LogP contribution in [0.5, 0.6) is 0 Å². The van der Waals surface area contributed by atoms with Gasteiger partial charge in [-0.2, -0.15) is 0 Å². The molecule has 6 heteroatoms. The molecule has 0 saturated heterocycles. The van der Waals surface area contributed by atoms with Crippen LogP contribution < -0.4 is 0 Å². The minimum Gasteiger partial charge on any atom is -0.477 e. The lowest BCUT2D eigenvalue weighted by molar-refractivity contribution is 0.0685. The first-order valence-corrected chi connectivity index (χ1v) is 6.35. The topological polar surface area (TPSA) is 59.3 Å². The highest BCUT2D eigenvalue weighted by molar-refractivity contribution is 7.16. The van der Waals surface area contributed by atoms with Crippen LogP contribution in [0.3, 0.4) is 0 Å². The van der Waals surface area contributed by atoms with Gasteiger partial charge in [-0.1, -0.05) is 11.6 Å². The van der Waals surface area contributed by atoms with Crippen LogP contribution in [0.1, 0.15) is 32.6 Å². The highest BCUT2D eigenvalue weighted by Crippen LogP contribution is 2.23. The highest BCUT2D eigenvalue weighted by atomic mass is 35.5. The summed E-state index contributed by atoms with van der Waals surface area (Å²) in [5, 5.41) is 9.09. The van der Waals surface area contributed by atoms with Gasteiger partial charge in [-0.25, -0.2) is 4.79 Å². The number of hydrogen-bond donors (Lipinski definition) is 1. The lowest BCUT2D eigenvalue weighted by Gasteiger charge is -2.03. The van der Waals surface area contributed by atoms with E-state index < -0.39 is 5.97 Å². The number of ketones is 1. The Morgan fingerprint density at radius 2 is 2.17 bits per heavy atom. The molecule has 0 unspecified atom stereocenters. The van der Waals surface area contributed by atoms with Gasteiger partial charge in [0.15, 0.2) is 5.78 Å². The molecular formula is C12H10ClNO3S. The molecule has 0 saturated carbocycles. The van der Waals surface area contributed by atoms with Crippen molar-refractivity contribution in [3.05, 3.63) is 44.9 Å². The summed E-state index contributed by atoms with van der Waals surface area (Å²) in [6, 6.07) is 4.99. The largest absolute Gasteiger partial charge is 0.477 e. The summed E-state index contributed by atoms with van der Waals surface area (Å²) in [6.45, 7) is 1.81. The molecule has 0 aliphatic carbocycles. The molecule has 18 heavy (non-hydrogen) atoms. The first-order chi connectivity index (χ1) is 8.47. The maximum atomic E-state index is 11.3. The predicted molar refractivity (Wildman–Crippen MR) is 69.8 cm³/mol. The van der Waals surface area contributed by atoms with Crippen LogP contribution in [0.25, 0.3) is 0 Å². The fourth-order valence-electron chi connectivity index (χ4n) is 1.62. The molecular weight excluding hydrogens is 274 g/mol. The maximum absolute atomic E-state index is 11.3. The Balaban J connectivity index is 2.36. The van der Waals surface area contributed by atoms with Crippen molar-refractivity contribution >= 4 is 34.7 Å². The van der Waals surface area contributed by atoms with E-state index >= 15 is 0 Å². The normalized spacial score (nSPS) is 10.6. The quantitative estimate of drug-likeness (QED) is 0.877. The number of carbonyl (C=O) groups excluding carboxylic acids is 1. The van der Waals surface area contributed by atoms with Crippen molar-refractivity contribution in [1.82, 2.24) is 4.57 Å². The Morgan fingerprint density at radius 3 is 2.67 bits per heavy atom. The second-order valence-corrected chi connectivity index (χ2v) is 5.61. The first-order valence-electron chi connectivity index (χ1n) is 5.16. The van der Waals surface area contributed by atoms with E-state index in [1.807, 2.05) is 6.07 Å². The van der Waals surface area contributed by atoms with E-state index in [-0.39, 0.29) is 11.5 Å². The van der Waals surface area contributed by atoms with Gasteiger partial charge in [0.05, 0.1) is 10.9 Å².